The lowest BCUT2D eigenvalue weighted by Gasteiger charge is -2.04. The van der Waals surface area contributed by atoms with Gasteiger partial charge in [0.05, 0.1) is 7.11 Å². The number of methoxy groups -OCH3 is 1. The first-order valence-corrected chi connectivity index (χ1v) is 9.75. The molecule has 0 saturated heterocycles. The highest BCUT2D eigenvalue weighted by Gasteiger charge is 2.13. The Morgan fingerprint density at radius 3 is 2.40 bits per heavy atom. The van der Waals surface area contributed by atoms with Gasteiger partial charge in [0.15, 0.2) is 0 Å². The number of aryl methyl sites for hydroxylation is 2. The van der Waals surface area contributed by atoms with Crippen molar-refractivity contribution in [3.8, 4) is 22.7 Å². The van der Waals surface area contributed by atoms with Crippen LogP contribution in [0, 0.1) is 0 Å². The average molecular weight is 399 g/mol. The van der Waals surface area contributed by atoms with Gasteiger partial charge in [0.2, 0.25) is 5.89 Å². The minimum absolute atomic E-state index is 0.202. The molecule has 0 radical (unpaired) electrons. The van der Waals surface area contributed by atoms with Crippen molar-refractivity contribution >= 4 is 5.97 Å². The number of benzene rings is 2. The van der Waals surface area contributed by atoms with Crippen molar-refractivity contribution in [3.05, 3.63) is 89.9 Å². The molecular formula is C24H21N3O3. The molecule has 30 heavy (non-hydrogen) atoms. The number of carbonyl (C=O) groups excluding carboxylic acids is 1. The molecule has 4 rings (SSSR count). The minimum atomic E-state index is -0.505. The maximum absolute atomic E-state index is 11.6. The third-order valence-corrected chi connectivity index (χ3v) is 4.75. The monoisotopic (exact) mass is 399 g/mol. The van der Waals surface area contributed by atoms with E-state index in [1.54, 1.807) is 18.2 Å². The zero-order valence-electron chi connectivity index (χ0n) is 16.6. The van der Waals surface area contributed by atoms with E-state index < -0.39 is 5.97 Å². The topological polar surface area (TPSA) is 78.1 Å². The van der Waals surface area contributed by atoms with Crippen molar-refractivity contribution in [1.29, 1.82) is 0 Å². The lowest BCUT2D eigenvalue weighted by molar-refractivity contribution is 0.0594. The number of hydrogen-bond donors (Lipinski definition) is 0. The summed E-state index contributed by atoms with van der Waals surface area (Å²) < 4.78 is 10.4. The number of rotatable bonds is 7. The number of pyridine rings is 1. The Kier molecular flexibility index (Phi) is 5.94. The molecule has 0 amide bonds. The molecule has 6 heteroatoms. The number of carbonyl (C=O) groups is 1. The first kappa shape index (κ1) is 19.5. The molecule has 4 aromatic rings. The molecule has 0 spiro atoms. The molecule has 0 bridgehead atoms. The van der Waals surface area contributed by atoms with Gasteiger partial charge < -0.3 is 9.15 Å². The van der Waals surface area contributed by atoms with Gasteiger partial charge in [-0.3, -0.25) is 0 Å². The first-order valence-electron chi connectivity index (χ1n) is 9.75. The number of ether oxygens (including phenoxy) is 1. The van der Waals surface area contributed by atoms with Gasteiger partial charge in [-0.15, -0.1) is 10.2 Å². The summed E-state index contributed by atoms with van der Waals surface area (Å²) in [5.41, 5.74) is 4.35. The van der Waals surface area contributed by atoms with Gasteiger partial charge in [-0.25, -0.2) is 9.78 Å². The van der Waals surface area contributed by atoms with Crippen LogP contribution in [0.1, 0.15) is 28.4 Å². The van der Waals surface area contributed by atoms with E-state index in [0.717, 1.165) is 12.8 Å². The SMILES string of the molecule is COC(=O)c1cccc(-c2nnc(CCCc3ccc(-c4ccccc4)cc3)o2)n1. The quantitative estimate of drug-likeness (QED) is 0.417. The molecule has 0 N–H and O–H groups in total. The molecule has 2 heterocycles. The summed E-state index contributed by atoms with van der Waals surface area (Å²) in [7, 11) is 1.32. The summed E-state index contributed by atoms with van der Waals surface area (Å²) in [6, 6.07) is 23.9. The fourth-order valence-corrected chi connectivity index (χ4v) is 3.17. The second-order valence-electron chi connectivity index (χ2n) is 6.82. The molecule has 6 nitrogen and oxygen atoms in total. The lowest BCUT2D eigenvalue weighted by atomic mass is 10.0. The van der Waals surface area contributed by atoms with Crippen LogP contribution in [0.2, 0.25) is 0 Å². The van der Waals surface area contributed by atoms with Gasteiger partial charge in [0, 0.05) is 6.42 Å². The molecule has 2 aromatic carbocycles. The van der Waals surface area contributed by atoms with Crippen LogP contribution in [-0.4, -0.2) is 28.3 Å². The van der Waals surface area contributed by atoms with Crippen LogP contribution in [0.5, 0.6) is 0 Å². The van der Waals surface area contributed by atoms with Crippen molar-refractivity contribution in [2.24, 2.45) is 0 Å². The number of hydrogen-bond acceptors (Lipinski definition) is 6. The second-order valence-corrected chi connectivity index (χ2v) is 6.82. The van der Waals surface area contributed by atoms with E-state index in [-0.39, 0.29) is 5.69 Å². The fourth-order valence-electron chi connectivity index (χ4n) is 3.17. The van der Waals surface area contributed by atoms with E-state index in [2.05, 4.69) is 51.6 Å². The Labute approximate surface area is 174 Å². The Morgan fingerprint density at radius 2 is 1.63 bits per heavy atom. The molecule has 150 valence electrons. The Bertz CT molecular complexity index is 1120. The van der Waals surface area contributed by atoms with Crippen LogP contribution < -0.4 is 0 Å². The zero-order chi connectivity index (χ0) is 20.8. The van der Waals surface area contributed by atoms with Gasteiger partial charge >= 0.3 is 5.97 Å². The van der Waals surface area contributed by atoms with Crippen LogP contribution >= 0.6 is 0 Å². The molecule has 0 fully saturated rings. The van der Waals surface area contributed by atoms with Crippen LogP contribution in [-0.2, 0) is 17.6 Å². The fraction of sp³-hybridized carbons (Fsp3) is 0.167. The van der Waals surface area contributed by atoms with E-state index in [0.29, 0.717) is 23.9 Å². The first-order chi connectivity index (χ1) is 14.7. The maximum atomic E-state index is 11.6. The minimum Gasteiger partial charge on any atom is -0.464 e. The van der Waals surface area contributed by atoms with Crippen LogP contribution in [0.4, 0.5) is 0 Å². The molecule has 0 aliphatic carbocycles. The van der Waals surface area contributed by atoms with Crippen LogP contribution in [0.25, 0.3) is 22.7 Å². The summed E-state index contributed by atoms with van der Waals surface area (Å²) in [6.45, 7) is 0. The van der Waals surface area contributed by atoms with Gasteiger partial charge in [0.25, 0.3) is 5.89 Å². The normalized spacial score (nSPS) is 10.7. The molecule has 0 aliphatic rings. The Morgan fingerprint density at radius 1 is 0.867 bits per heavy atom. The van der Waals surface area contributed by atoms with Crippen molar-refractivity contribution in [3.63, 3.8) is 0 Å². The summed E-state index contributed by atoms with van der Waals surface area (Å²) in [5, 5.41) is 8.15. The predicted molar refractivity (Wildman–Crippen MR) is 113 cm³/mol. The highest BCUT2D eigenvalue weighted by Crippen LogP contribution is 2.21. The average Bonchev–Trinajstić information content (AvgIpc) is 3.29. The number of aromatic nitrogens is 3. The van der Waals surface area contributed by atoms with E-state index in [1.165, 1.54) is 23.8 Å². The highest BCUT2D eigenvalue weighted by atomic mass is 16.5. The third kappa shape index (κ3) is 4.60. The summed E-state index contributed by atoms with van der Waals surface area (Å²) in [4.78, 5) is 15.8. The summed E-state index contributed by atoms with van der Waals surface area (Å²) >= 11 is 0. The van der Waals surface area contributed by atoms with Gasteiger partial charge in [-0.1, -0.05) is 60.7 Å². The molecular weight excluding hydrogens is 378 g/mol. The van der Waals surface area contributed by atoms with E-state index in [4.69, 9.17) is 9.15 Å². The van der Waals surface area contributed by atoms with Gasteiger partial charge in [0.1, 0.15) is 11.4 Å². The summed E-state index contributed by atoms with van der Waals surface area (Å²) in [5.74, 6) is 0.342. The molecule has 0 aliphatic heterocycles. The Balaban J connectivity index is 1.34. The zero-order valence-corrected chi connectivity index (χ0v) is 16.6. The standard InChI is InChI=1S/C24H21N3O3/c1-29-24(28)21-11-6-10-20(25-21)23-27-26-22(30-23)12-5-7-17-13-15-19(16-14-17)18-8-3-2-4-9-18/h2-4,6,8-11,13-16H,5,7,12H2,1H3. The lowest BCUT2D eigenvalue weighted by Crippen LogP contribution is -2.04. The predicted octanol–water partition coefficient (Wildman–Crippen LogP) is 4.76. The Hall–Kier alpha value is -3.80. The largest absolute Gasteiger partial charge is 0.464 e. The van der Waals surface area contributed by atoms with E-state index >= 15 is 0 Å². The second kappa shape index (κ2) is 9.13. The number of nitrogens with zero attached hydrogens (tertiary/aromatic N) is 3. The van der Waals surface area contributed by atoms with Crippen molar-refractivity contribution < 1.29 is 13.9 Å². The van der Waals surface area contributed by atoms with Gasteiger partial charge in [-0.2, -0.15) is 0 Å². The third-order valence-electron chi connectivity index (χ3n) is 4.75. The smallest absolute Gasteiger partial charge is 0.356 e. The van der Waals surface area contributed by atoms with Crippen molar-refractivity contribution in [1.82, 2.24) is 15.2 Å². The van der Waals surface area contributed by atoms with Crippen LogP contribution in [0.3, 0.4) is 0 Å². The maximum Gasteiger partial charge on any atom is 0.356 e. The highest BCUT2D eigenvalue weighted by molar-refractivity contribution is 5.87. The van der Waals surface area contributed by atoms with Gasteiger partial charge in [-0.05, 0) is 41.7 Å². The molecule has 2 aromatic heterocycles. The molecule has 0 unspecified atom stereocenters. The van der Waals surface area contributed by atoms with E-state index in [1.807, 2.05) is 18.2 Å². The van der Waals surface area contributed by atoms with Crippen molar-refractivity contribution in [2.75, 3.05) is 7.11 Å². The number of esters is 1. The molecule has 0 saturated carbocycles. The van der Waals surface area contributed by atoms with E-state index in [9.17, 15) is 4.79 Å². The van der Waals surface area contributed by atoms with Crippen molar-refractivity contribution in [2.45, 2.75) is 19.3 Å². The molecule has 0 atom stereocenters. The van der Waals surface area contributed by atoms with Crippen LogP contribution in [0.15, 0.2) is 77.2 Å². The summed E-state index contributed by atoms with van der Waals surface area (Å²) in [6.07, 6.45) is 2.48.